The SMILES string of the molecule is NCC(=O)NC(CO)C(=O)NCC(=O)NC(CO)C(=O)NCC(=O)O. The largest absolute Gasteiger partial charge is 0.480 e. The van der Waals surface area contributed by atoms with Crippen LogP contribution in [0.2, 0.25) is 0 Å². The first-order valence-electron chi connectivity index (χ1n) is 7.02. The molecule has 0 saturated carbocycles. The van der Waals surface area contributed by atoms with Crippen molar-refractivity contribution in [2.45, 2.75) is 12.1 Å². The van der Waals surface area contributed by atoms with Gasteiger partial charge in [-0.15, -0.1) is 0 Å². The van der Waals surface area contributed by atoms with E-state index in [-0.39, 0.29) is 0 Å². The Balaban J connectivity index is 4.42. The van der Waals surface area contributed by atoms with E-state index in [1.54, 1.807) is 0 Å². The molecule has 0 rings (SSSR count). The summed E-state index contributed by atoms with van der Waals surface area (Å²) in [5, 5.41) is 34.8. The highest BCUT2D eigenvalue weighted by molar-refractivity contribution is 5.93. The molecule has 9 N–H and O–H groups in total. The number of rotatable bonds is 11. The Morgan fingerprint density at radius 1 is 0.800 bits per heavy atom. The number of aliphatic hydroxyl groups is 2. The number of carboxylic acids is 1. The molecule has 0 aliphatic heterocycles. The van der Waals surface area contributed by atoms with Gasteiger partial charge in [0, 0.05) is 0 Å². The first kappa shape index (κ1) is 22.2. The average Bonchev–Trinajstić information content (AvgIpc) is 2.59. The molecule has 0 bridgehead atoms. The summed E-state index contributed by atoms with van der Waals surface area (Å²) in [6, 6.07) is -2.72. The minimum Gasteiger partial charge on any atom is -0.480 e. The van der Waals surface area contributed by atoms with E-state index in [0.29, 0.717) is 0 Å². The first-order chi connectivity index (χ1) is 11.7. The number of hydrogen-bond acceptors (Lipinski definition) is 8. The lowest BCUT2D eigenvalue weighted by Crippen LogP contribution is -2.54. The molecule has 142 valence electrons. The molecule has 0 radical (unpaired) electrons. The van der Waals surface area contributed by atoms with Crippen molar-refractivity contribution in [3.05, 3.63) is 0 Å². The van der Waals surface area contributed by atoms with Gasteiger partial charge in [0.25, 0.3) is 0 Å². The third-order valence-electron chi connectivity index (χ3n) is 2.69. The number of hydrogen-bond donors (Lipinski definition) is 8. The number of nitrogens with one attached hydrogen (secondary N) is 4. The maximum atomic E-state index is 11.7. The van der Waals surface area contributed by atoms with Gasteiger partial charge in [0.1, 0.15) is 18.6 Å². The molecule has 0 spiro atoms. The van der Waals surface area contributed by atoms with E-state index in [0.717, 1.165) is 0 Å². The molecule has 0 aromatic rings. The molecule has 0 aromatic heterocycles. The maximum Gasteiger partial charge on any atom is 0.322 e. The van der Waals surface area contributed by atoms with Gasteiger partial charge < -0.3 is 42.3 Å². The Kier molecular flexibility index (Phi) is 10.4. The van der Waals surface area contributed by atoms with E-state index < -0.39 is 74.5 Å². The molecular weight excluding hydrogens is 342 g/mol. The highest BCUT2D eigenvalue weighted by Gasteiger charge is 2.22. The van der Waals surface area contributed by atoms with Gasteiger partial charge in [-0.05, 0) is 0 Å². The highest BCUT2D eigenvalue weighted by Crippen LogP contribution is 1.86. The molecule has 0 aromatic carbocycles. The van der Waals surface area contributed by atoms with Crippen LogP contribution in [0.5, 0.6) is 0 Å². The zero-order chi connectivity index (χ0) is 19.4. The van der Waals surface area contributed by atoms with E-state index in [2.05, 4.69) is 16.0 Å². The van der Waals surface area contributed by atoms with Crippen molar-refractivity contribution in [3.8, 4) is 0 Å². The minimum atomic E-state index is -1.41. The quantitative estimate of drug-likeness (QED) is 0.175. The van der Waals surface area contributed by atoms with E-state index in [4.69, 9.17) is 21.1 Å². The second kappa shape index (κ2) is 11.7. The van der Waals surface area contributed by atoms with Gasteiger partial charge in [0.15, 0.2) is 0 Å². The maximum absolute atomic E-state index is 11.7. The lowest BCUT2D eigenvalue weighted by Gasteiger charge is -2.17. The second-order valence-corrected chi connectivity index (χ2v) is 4.64. The van der Waals surface area contributed by atoms with Crippen LogP contribution in [-0.4, -0.2) is 89.8 Å². The molecule has 25 heavy (non-hydrogen) atoms. The van der Waals surface area contributed by atoms with Crippen LogP contribution in [0.25, 0.3) is 0 Å². The van der Waals surface area contributed by atoms with E-state index in [1.165, 1.54) is 0 Å². The van der Waals surface area contributed by atoms with Crippen molar-refractivity contribution < 1.29 is 39.3 Å². The fourth-order valence-corrected chi connectivity index (χ4v) is 1.46. The highest BCUT2D eigenvalue weighted by atomic mass is 16.4. The predicted molar refractivity (Wildman–Crippen MR) is 80.7 cm³/mol. The zero-order valence-electron chi connectivity index (χ0n) is 13.2. The number of carboxylic acid groups (broad SMARTS) is 1. The average molecular weight is 363 g/mol. The van der Waals surface area contributed by atoms with Gasteiger partial charge in [0.2, 0.25) is 23.6 Å². The van der Waals surface area contributed by atoms with Crippen LogP contribution in [0.1, 0.15) is 0 Å². The summed E-state index contributed by atoms with van der Waals surface area (Å²) in [7, 11) is 0. The van der Waals surface area contributed by atoms with Crippen molar-refractivity contribution in [1.82, 2.24) is 21.3 Å². The third kappa shape index (κ3) is 9.19. The molecular formula is C12H21N5O8. The Labute approximate surface area is 141 Å². The van der Waals surface area contributed by atoms with Crippen LogP contribution in [-0.2, 0) is 24.0 Å². The van der Waals surface area contributed by atoms with Crippen LogP contribution in [0.3, 0.4) is 0 Å². The molecule has 0 aliphatic carbocycles. The number of carbonyl (C=O) groups is 5. The first-order valence-corrected chi connectivity index (χ1v) is 7.02. The molecule has 0 aliphatic rings. The topological polar surface area (TPSA) is 220 Å². The van der Waals surface area contributed by atoms with Gasteiger partial charge in [0.05, 0.1) is 26.3 Å². The number of carbonyl (C=O) groups excluding carboxylic acids is 4. The van der Waals surface area contributed by atoms with Crippen LogP contribution >= 0.6 is 0 Å². The molecule has 2 atom stereocenters. The van der Waals surface area contributed by atoms with Gasteiger partial charge in [-0.3, -0.25) is 24.0 Å². The summed E-state index contributed by atoms with van der Waals surface area (Å²) in [4.78, 5) is 56.3. The smallest absolute Gasteiger partial charge is 0.322 e. The molecule has 0 fully saturated rings. The second-order valence-electron chi connectivity index (χ2n) is 4.64. The normalized spacial score (nSPS) is 12.4. The van der Waals surface area contributed by atoms with Crippen molar-refractivity contribution >= 4 is 29.6 Å². The van der Waals surface area contributed by atoms with E-state index in [1.807, 2.05) is 5.32 Å². The lowest BCUT2D eigenvalue weighted by molar-refractivity contribution is -0.138. The summed E-state index contributed by atoms with van der Waals surface area (Å²) in [5.74, 6) is -4.64. The summed E-state index contributed by atoms with van der Waals surface area (Å²) in [6.07, 6.45) is 0. The van der Waals surface area contributed by atoms with Crippen LogP contribution in [0.15, 0.2) is 0 Å². The molecule has 4 amide bonds. The van der Waals surface area contributed by atoms with Gasteiger partial charge >= 0.3 is 5.97 Å². The fraction of sp³-hybridized carbons (Fsp3) is 0.583. The van der Waals surface area contributed by atoms with E-state index >= 15 is 0 Å². The van der Waals surface area contributed by atoms with Crippen molar-refractivity contribution in [1.29, 1.82) is 0 Å². The minimum absolute atomic E-state index is 0.395. The Bertz CT molecular complexity index is 512. The predicted octanol–water partition coefficient (Wildman–Crippen LogP) is -5.78. The Morgan fingerprint density at radius 2 is 1.24 bits per heavy atom. The molecule has 13 heteroatoms. The van der Waals surface area contributed by atoms with Crippen molar-refractivity contribution in [2.24, 2.45) is 5.73 Å². The molecule has 2 unspecified atom stereocenters. The standard InChI is InChI=1S/C12H21N5O8/c13-1-8(20)16-6(4-18)11(24)14-2-9(21)17-7(5-19)12(25)15-3-10(22)23/h6-7,18-19H,1-5,13H2,(H,14,24)(H,15,25)(H,16,20)(H,17,21)(H,22,23). The number of aliphatic carboxylic acids is 1. The number of nitrogens with two attached hydrogens (primary N) is 1. The summed E-state index contributed by atoms with van der Waals surface area (Å²) in [6.45, 7) is -3.22. The monoisotopic (exact) mass is 363 g/mol. The molecule has 0 saturated heterocycles. The summed E-state index contributed by atoms with van der Waals surface area (Å²) < 4.78 is 0. The zero-order valence-corrected chi connectivity index (χ0v) is 13.2. The fourth-order valence-electron chi connectivity index (χ4n) is 1.46. The Hall–Kier alpha value is -2.77. The van der Waals surface area contributed by atoms with Gasteiger partial charge in [-0.1, -0.05) is 0 Å². The van der Waals surface area contributed by atoms with Crippen LogP contribution in [0, 0.1) is 0 Å². The number of amides is 4. The Morgan fingerprint density at radius 3 is 1.64 bits per heavy atom. The van der Waals surface area contributed by atoms with Crippen molar-refractivity contribution in [2.75, 3.05) is 32.8 Å². The third-order valence-corrected chi connectivity index (χ3v) is 2.69. The summed E-state index contributed by atoms with van der Waals surface area (Å²) in [5.41, 5.74) is 5.05. The van der Waals surface area contributed by atoms with Crippen molar-refractivity contribution in [3.63, 3.8) is 0 Å². The van der Waals surface area contributed by atoms with Crippen LogP contribution in [0.4, 0.5) is 0 Å². The molecule has 13 nitrogen and oxygen atoms in total. The van der Waals surface area contributed by atoms with E-state index in [9.17, 15) is 24.0 Å². The summed E-state index contributed by atoms with van der Waals surface area (Å²) >= 11 is 0. The van der Waals surface area contributed by atoms with Gasteiger partial charge in [-0.2, -0.15) is 0 Å². The lowest BCUT2D eigenvalue weighted by atomic mass is 10.2. The van der Waals surface area contributed by atoms with Gasteiger partial charge in [-0.25, -0.2) is 0 Å². The van der Waals surface area contributed by atoms with Crippen LogP contribution < -0.4 is 27.0 Å². The number of aliphatic hydroxyl groups excluding tert-OH is 2. The molecule has 0 heterocycles.